The lowest BCUT2D eigenvalue weighted by Crippen LogP contribution is -2.21. The molecule has 0 fully saturated rings. The molecule has 0 saturated carbocycles. The van der Waals surface area contributed by atoms with E-state index < -0.39 is 0 Å². The van der Waals surface area contributed by atoms with Crippen LogP contribution in [0.3, 0.4) is 0 Å². The molecule has 3 aromatic rings. The lowest BCUT2D eigenvalue weighted by atomic mass is 10.2. The zero-order valence-electron chi connectivity index (χ0n) is 14.6. The highest BCUT2D eigenvalue weighted by atomic mass is 35.5. The molecule has 136 valence electrons. The molecule has 0 aliphatic heterocycles. The van der Waals surface area contributed by atoms with Crippen molar-refractivity contribution in [1.29, 1.82) is 0 Å². The molecule has 0 atom stereocenters. The van der Waals surface area contributed by atoms with Gasteiger partial charge in [-0.2, -0.15) is 0 Å². The molecule has 2 aromatic carbocycles. The van der Waals surface area contributed by atoms with Gasteiger partial charge in [-0.3, -0.25) is 4.57 Å². The van der Waals surface area contributed by atoms with Crippen LogP contribution in [0.5, 0.6) is 0 Å². The van der Waals surface area contributed by atoms with E-state index in [9.17, 15) is 0 Å². The van der Waals surface area contributed by atoms with Crippen LogP contribution in [0.4, 0.5) is 0 Å². The van der Waals surface area contributed by atoms with Gasteiger partial charge in [-0.05, 0) is 11.6 Å². The van der Waals surface area contributed by atoms with E-state index in [1.54, 1.807) is 26.0 Å². The van der Waals surface area contributed by atoms with Crippen molar-refractivity contribution in [2.75, 3.05) is 14.2 Å². The first-order valence-electron chi connectivity index (χ1n) is 8.13. The molecule has 0 aliphatic rings. The molecule has 0 spiro atoms. The molecule has 0 bridgehead atoms. The summed E-state index contributed by atoms with van der Waals surface area (Å²) in [6.07, 6.45) is -0.381. The summed E-state index contributed by atoms with van der Waals surface area (Å²) in [7, 11) is 3.24. The fraction of sp³-hybridized carbons (Fsp3) is 0.263. The smallest absolute Gasteiger partial charge is 0.191 e. The van der Waals surface area contributed by atoms with Gasteiger partial charge in [0.05, 0.1) is 6.54 Å². The molecule has 5 nitrogen and oxygen atoms in total. The number of hydrogen-bond donors (Lipinski definition) is 0. The predicted molar refractivity (Wildman–Crippen MR) is 104 cm³/mol. The summed E-state index contributed by atoms with van der Waals surface area (Å²) in [5.41, 5.74) is 2.06. The van der Waals surface area contributed by atoms with Gasteiger partial charge in [-0.15, -0.1) is 10.2 Å². The fourth-order valence-corrected chi connectivity index (χ4v) is 3.75. The molecule has 26 heavy (non-hydrogen) atoms. The SMILES string of the molecule is COC(Cn1c(SCc2ccccc2Cl)nnc1-c1ccccc1)OC. The molecule has 0 aliphatic carbocycles. The maximum absolute atomic E-state index is 6.26. The Kier molecular flexibility index (Phi) is 6.68. The molecule has 0 amide bonds. The van der Waals surface area contributed by atoms with E-state index in [-0.39, 0.29) is 6.29 Å². The highest BCUT2D eigenvalue weighted by molar-refractivity contribution is 7.98. The van der Waals surface area contributed by atoms with Crippen LogP contribution in [0.25, 0.3) is 11.4 Å². The monoisotopic (exact) mass is 389 g/mol. The Balaban J connectivity index is 1.89. The Morgan fingerprint density at radius 2 is 1.69 bits per heavy atom. The van der Waals surface area contributed by atoms with Crippen molar-refractivity contribution in [3.8, 4) is 11.4 Å². The molecule has 3 rings (SSSR count). The van der Waals surface area contributed by atoms with Gasteiger partial charge in [0.1, 0.15) is 0 Å². The van der Waals surface area contributed by atoms with E-state index in [2.05, 4.69) is 10.2 Å². The summed E-state index contributed by atoms with van der Waals surface area (Å²) in [5, 5.41) is 10.3. The molecule has 0 radical (unpaired) electrons. The second kappa shape index (κ2) is 9.19. The zero-order valence-corrected chi connectivity index (χ0v) is 16.2. The fourth-order valence-electron chi connectivity index (χ4n) is 2.51. The van der Waals surface area contributed by atoms with Gasteiger partial charge in [0.15, 0.2) is 17.3 Å². The molecule has 7 heteroatoms. The Bertz CT molecular complexity index is 838. The Morgan fingerprint density at radius 1 is 1.00 bits per heavy atom. The highest BCUT2D eigenvalue weighted by Gasteiger charge is 2.18. The van der Waals surface area contributed by atoms with Gasteiger partial charge in [0.25, 0.3) is 0 Å². The van der Waals surface area contributed by atoms with Crippen LogP contribution in [-0.4, -0.2) is 35.3 Å². The van der Waals surface area contributed by atoms with Crippen molar-refractivity contribution in [3.05, 3.63) is 65.2 Å². The minimum Gasteiger partial charge on any atom is -0.354 e. The minimum absolute atomic E-state index is 0.381. The lowest BCUT2D eigenvalue weighted by Gasteiger charge is -2.17. The van der Waals surface area contributed by atoms with Crippen LogP contribution in [0, 0.1) is 0 Å². The van der Waals surface area contributed by atoms with Crippen molar-refractivity contribution in [2.24, 2.45) is 0 Å². The van der Waals surface area contributed by atoms with E-state index in [4.69, 9.17) is 21.1 Å². The summed E-state index contributed by atoms with van der Waals surface area (Å²) in [4.78, 5) is 0. The summed E-state index contributed by atoms with van der Waals surface area (Å²) >= 11 is 7.85. The summed E-state index contributed by atoms with van der Waals surface area (Å²) in [5.74, 6) is 1.49. The Labute approximate surface area is 162 Å². The number of aromatic nitrogens is 3. The van der Waals surface area contributed by atoms with Crippen LogP contribution in [-0.2, 0) is 21.8 Å². The molecule has 0 unspecified atom stereocenters. The minimum atomic E-state index is -0.381. The number of methoxy groups -OCH3 is 2. The maximum atomic E-state index is 6.26. The molecule has 0 N–H and O–H groups in total. The third-order valence-corrected chi connectivity index (χ3v) is 5.31. The first kappa shape index (κ1) is 18.9. The van der Waals surface area contributed by atoms with Crippen LogP contribution in [0.1, 0.15) is 5.56 Å². The molecular formula is C19H20ClN3O2S. The summed E-state index contributed by atoms with van der Waals surface area (Å²) < 4.78 is 12.8. The number of nitrogens with zero attached hydrogens (tertiary/aromatic N) is 3. The van der Waals surface area contributed by atoms with Gasteiger partial charge in [0, 0.05) is 30.6 Å². The lowest BCUT2D eigenvalue weighted by molar-refractivity contribution is -0.111. The quantitative estimate of drug-likeness (QED) is 0.419. The molecule has 0 saturated heterocycles. The molecule has 1 aromatic heterocycles. The van der Waals surface area contributed by atoms with Gasteiger partial charge in [-0.25, -0.2) is 0 Å². The summed E-state index contributed by atoms with van der Waals surface area (Å²) in [6.45, 7) is 0.495. The predicted octanol–water partition coefficient (Wildman–Crippen LogP) is 4.51. The van der Waals surface area contributed by atoms with Gasteiger partial charge in [-0.1, -0.05) is 71.9 Å². The average molecular weight is 390 g/mol. The average Bonchev–Trinajstić information content (AvgIpc) is 3.08. The Morgan fingerprint density at radius 3 is 2.38 bits per heavy atom. The topological polar surface area (TPSA) is 49.2 Å². The second-order valence-electron chi connectivity index (χ2n) is 5.56. The largest absolute Gasteiger partial charge is 0.354 e. The van der Waals surface area contributed by atoms with Gasteiger partial charge >= 0.3 is 0 Å². The van der Waals surface area contributed by atoms with E-state index in [1.165, 1.54) is 0 Å². The number of thioether (sulfide) groups is 1. The number of benzene rings is 2. The maximum Gasteiger partial charge on any atom is 0.191 e. The van der Waals surface area contributed by atoms with E-state index in [1.807, 2.05) is 59.2 Å². The van der Waals surface area contributed by atoms with Crippen LogP contribution < -0.4 is 0 Å². The third-order valence-electron chi connectivity index (χ3n) is 3.92. The van der Waals surface area contributed by atoms with Crippen LogP contribution in [0.15, 0.2) is 59.8 Å². The third kappa shape index (κ3) is 4.45. The van der Waals surface area contributed by atoms with Crippen molar-refractivity contribution in [1.82, 2.24) is 14.8 Å². The van der Waals surface area contributed by atoms with Crippen molar-refractivity contribution in [2.45, 2.75) is 23.7 Å². The zero-order chi connectivity index (χ0) is 18.4. The van der Waals surface area contributed by atoms with Gasteiger partial charge in [0.2, 0.25) is 0 Å². The number of ether oxygens (including phenoxy) is 2. The second-order valence-corrected chi connectivity index (χ2v) is 6.91. The standard InChI is InChI=1S/C19H20ClN3O2S/c1-24-17(25-2)12-23-18(14-8-4-3-5-9-14)21-22-19(23)26-13-15-10-6-7-11-16(15)20/h3-11,17H,12-13H2,1-2H3. The number of hydrogen-bond acceptors (Lipinski definition) is 5. The van der Waals surface area contributed by atoms with E-state index in [0.717, 1.165) is 27.1 Å². The highest BCUT2D eigenvalue weighted by Crippen LogP contribution is 2.29. The van der Waals surface area contributed by atoms with Crippen molar-refractivity contribution in [3.63, 3.8) is 0 Å². The van der Waals surface area contributed by atoms with E-state index >= 15 is 0 Å². The molecular weight excluding hydrogens is 370 g/mol. The number of halogens is 1. The summed E-state index contributed by atoms with van der Waals surface area (Å²) in [6, 6.07) is 17.8. The van der Waals surface area contributed by atoms with Crippen LogP contribution in [0.2, 0.25) is 5.02 Å². The molecule has 1 heterocycles. The van der Waals surface area contributed by atoms with Crippen molar-refractivity contribution < 1.29 is 9.47 Å². The van der Waals surface area contributed by atoms with E-state index in [0.29, 0.717) is 12.3 Å². The van der Waals surface area contributed by atoms with Crippen molar-refractivity contribution >= 4 is 23.4 Å². The van der Waals surface area contributed by atoms with Gasteiger partial charge < -0.3 is 9.47 Å². The first-order valence-corrected chi connectivity index (χ1v) is 9.49. The number of rotatable bonds is 8. The first-order chi connectivity index (χ1) is 12.7. The normalized spacial score (nSPS) is 11.2. The van der Waals surface area contributed by atoms with Crippen LogP contribution >= 0.6 is 23.4 Å². The Hall–Kier alpha value is -1.86.